The van der Waals surface area contributed by atoms with Crippen LogP contribution in [0.25, 0.3) is 0 Å². The molecule has 1 heterocycles. The molecular formula is C15H15F3N2OS. The number of carbonyl (C=O) groups excluding carboxylic acids is 1. The third-order valence-corrected chi connectivity index (χ3v) is 3.63. The van der Waals surface area contributed by atoms with Crippen molar-refractivity contribution < 1.29 is 18.0 Å². The van der Waals surface area contributed by atoms with Crippen LogP contribution in [0, 0.1) is 0 Å². The number of hydrogen-bond acceptors (Lipinski definition) is 2. The second-order valence-corrected chi connectivity index (χ2v) is 5.53. The monoisotopic (exact) mass is 328 g/mol. The summed E-state index contributed by atoms with van der Waals surface area (Å²) in [5, 5.41) is 6.02. The second-order valence-electron chi connectivity index (χ2n) is 4.75. The van der Waals surface area contributed by atoms with E-state index in [1.54, 1.807) is 41.1 Å². The normalized spacial score (nSPS) is 11.2. The highest BCUT2D eigenvalue weighted by Crippen LogP contribution is 2.19. The van der Waals surface area contributed by atoms with Gasteiger partial charge in [0.1, 0.15) is 6.54 Å². The number of carbonyl (C=O) groups is 1. The van der Waals surface area contributed by atoms with Gasteiger partial charge in [-0.2, -0.15) is 24.5 Å². The Hall–Kier alpha value is -2.02. The van der Waals surface area contributed by atoms with Gasteiger partial charge >= 0.3 is 12.2 Å². The number of nitrogens with zero attached hydrogens (tertiary/aromatic N) is 1. The fraction of sp³-hybridized carbons (Fsp3) is 0.267. The number of amides is 2. The van der Waals surface area contributed by atoms with E-state index in [0.717, 1.165) is 10.5 Å². The largest absolute Gasteiger partial charge is 0.406 e. The van der Waals surface area contributed by atoms with Crippen LogP contribution in [0.4, 0.5) is 18.0 Å². The Morgan fingerprint density at radius 3 is 2.45 bits per heavy atom. The zero-order chi connectivity index (χ0) is 16.0. The molecule has 118 valence electrons. The number of hydrogen-bond donors (Lipinski definition) is 1. The van der Waals surface area contributed by atoms with Crippen molar-refractivity contribution in [2.45, 2.75) is 19.3 Å². The molecule has 0 atom stereocenters. The first-order valence-electron chi connectivity index (χ1n) is 6.58. The topological polar surface area (TPSA) is 32.3 Å². The molecule has 0 bridgehead atoms. The van der Waals surface area contributed by atoms with Gasteiger partial charge in [0.15, 0.2) is 0 Å². The van der Waals surface area contributed by atoms with Crippen molar-refractivity contribution in [3.05, 3.63) is 58.3 Å². The molecule has 2 amide bonds. The van der Waals surface area contributed by atoms with Crippen molar-refractivity contribution in [3.63, 3.8) is 0 Å². The minimum Gasteiger partial charge on any atom is -0.334 e. The zero-order valence-electron chi connectivity index (χ0n) is 11.6. The molecule has 2 rings (SSSR count). The first-order valence-corrected chi connectivity index (χ1v) is 7.53. The highest BCUT2D eigenvalue weighted by Gasteiger charge is 2.33. The molecule has 0 unspecified atom stereocenters. The highest BCUT2D eigenvalue weighted by molar-refractivity contribution is 7.07. The van der Waals surface area contributed by atoms with Gasteiger partial charge in [0, 0.05) is 13.1 Å². The summed E-state index contributed by atoms with van der Waals surface area (Å²) in [4.78, 5) is 12.8. The Labute approximate surface area is 130 Å². The Kier molecular flexibility index (Phi) is 5.43. The highest BCUT2D eigenvalue weighted by atomic mass is 32.1. The lowest BCUT2D eigenvalue weighted by atomic mass is 10.2. The van der Waals surface area contributed by atoms with Crippen molar-refractivity contribution in [2.75, 3.05) is 6.54 Å². The van der Waals surface area contributed by atoms with E-state index in [1.807, 2.05) is 6.07 Å². The molecule has 0 saturated carbocycles. The van der Waals surface area contributed by atoms with Gasteiger partial charge in [-0.15, -0.1) is 0 Å². The smallest absolute Gasteiger partial charge is 0.334 e. The fourth-order valence-corrected chi connectivity index (χ4v) is 2.56. The van der Waals surface area contributed by atoms with Crippen LogP contribution in [0.1, 0.15) is 11.1 Å². The van der Waals surface area contributed by atoms with Crippen molar-refractivity contribution in [3.8, 4) is 0 Å². The third-order valence-electron chi connectivity index (χ3n) is 2.90. The molecule has 7 heteroatoms. The number of nitrogens with one attached hydrogen (secondary N) is 1. The van der Waals surface area contributed by atoms with Gasteiger partial charge in [0.05, 0.1) is 0 Å². The van der Waals surface area contributed by atoms with Crippen LogP contribution in [0.15, 0.2) is 47.2 Å². The van der Waals surface area contributed by atoms with E-state index in [4.69, 9.17) is 0 Å². The van der Waals surface area contributed by atoms with Crippen molar-refractivity contribution in [1.29, 1.82) is 0 Å². The van der Waals surface area contributed by atoms with Crippen LogP contribution in [-0.4, -0.2) is 23.7 Å². The summed E-state index contributed by atoms with van der Waals surface area (Å²) < 4.78 is 37.9. The van der Waals surface area contributed by atoms with E-state index in [1.165, 1.54) is 11.3 Å². The molecule has 2 aromatic rings. The first kappa shape index (κ1) is 16.4. The minimum absolute atomic E-state index is 0.0658. The molecule has 0 spiro atoms. The molecule has 0 aliphatic heterocycles. The molecule has 1 aromatic carbocycles. The maximum absolute atomic E-state index is 12.6. The summed E-state index contributed by atoms with van der Waals surface area (Å²) in [6.45, 7) is -1.15. The Balaban J connectivity index is 1.98. The average Bonchev–Trinajstić information content (AvgIpc) is 2.97. The zero-order valence-corrected chi connectivity index (χ0v) is 12.5. The summed E-state index contributed by atoms with van der Waals surface area (Å²) in [7, 11) is 0. The SMILES string of the molecule is O=C(NCc1ccccc1)N(Cc1ccsc1)CC(F)(F)F. The first-order chi connectivity index (χ1) is 10.4. The van der Waals surface area contributed by atoms with Crippen molar-refractivity contribution in [2.24, 2.45) is 0 Å². The van der Waals surface area contributed by atoms with Crippen LogP contribution in [0.5, 0.6) is 0 Å². The molecule has 0 radical (unpaired) electrons. The lowest BCUT2D eigenvalue weighted by Gasteiger charge is -2.24. The predicted molar refractivity (Wildman–Crippen MR) is 79.5 cm³/mol. The molecule has 0 aliphatic carbocycles. The quantitative estimate of drug-likeness (QED) is 0.883. The van der Waals surface area contributed by atoms with E-state index >= 15 is 0 Å². The van der Waals surface area contributed by atoms with Gasteiger partial charge in [0.2, 0.25) is 0 Å². The Morgan fingerprint density at radius 1 is 1.14 bits per heavy atom. The number of alkyl halides is 3. The second kappa shape index (κ2) is 7.31. The van der Waals surface area contributed by atoms with Gasteiger partial charge in [-0.25, -0.2) is 4.79 Å². The van der Waals surface area contributed by atoms with E-state index in [0.29, 0.717) is 5.56 Å². The molecule has 1 N–H and O–H groups in total. The average molecular weight is 328 g/mol. The maximum atomic E-state index is 12.6. The minimum atomic E-state index is -4.43. The van der Waals surface area contributed by atoms with Gasteiger partial charge < -0.3 is 10.2 Å². The van der Waals surface area contributed by atoms with Crippen molar-refractivity contribution in [1.82, 2.24) is 10.2 Å². The van der Waals surface area contributed by atoms with E-state index in [9.17, 15) is 18.0 Å². The molecular weight excluding hydrogens is 313 g/mol. The van der Waals surface area contributed by atoms with E-state index < -0.39 is 18.8 Å². The summed E-state index contributed by atoms with van der Waals surface area (Å²) in [6, 6.07) is 10.0. The number of halogens is 3. The van der Waals surface area contributed by atoms with Crippen molar-refractivity contribution >= 4 is 17.4 Å². The molecule has 0 fully saturated rings. The number of benzene rings is 1. The lowest BCUT2D eigenvalue weighted by Crippen LogP contribution is -2.44. The molecule has 1 aromatic heterocycles. The summed E-state index contributed by atoms with van der Waals surface area (Å²) >= 11 is 1.38. The summed E-state index contributed by atoms with van der Waals surface area (Å²) in [5.74, 6) is 0. The Bertz CT molecular complexity index is 585. The molecule has 0 aliphatic rings. The van der Waals surface area contributed by atoms with E-state index in [2.05, 4.69) is 5.32 Å². The molecule has 3 nitrogen and oxygen atoms in total. The number of urea groups is 1. The van der Waals surface area contributed by atoms with Crippen LogP contribution in [0.2, 0.25) is 0 Å². The van der Waals surface area contributed by atoms with Crippen LogP contribution in [0.3, 0.4) is 0 Å². The lowest BCUT2D eigenvalue weighted by molar-refractivity contribution is -0.140. The number of rotatable bonds is 5. The van der Waals surface area contributed by atoms with Crippen LogP contribution >= 0.6 is 11.3 Å². The summed E-state index contributed by atoms with van der Waals surface area (Å²) in [5.41, 5.74) is 1.52. The molecule has 22 heavy (non-hydrogen) atoms. The number of thiophene rings is 1. The maximum Gasteiger partial charge on any atom is 0.406 e. The standard InChI is InChI=1S/C15H15F3N2OS/c16-15(17,18)11-20(9-13-6-7-22-10-13)14(21)19-8-12-4-2-1-3-5-12/h1-7,10H,8-9,11H2,(H,19,21). The predicted octanol–water partition coefficient (Wildman–Crippen LogP) is 4.02. The summed E-state index contributed by atoms with van der Waals surface area (Å²) in [6.07, 6.45) is -4.43. The van der Waals surface area contributed by atoms with E-state index in [-0.39, 0.29) is 13.1 Å². The Morgan fingerprint density at radius 2 is 1.86 bits per heavy atom. The third kappa shape index (κ3) is 5.40. The van der Waals surface area contributed by atoms with Gasteiger partial charge in [0.25, 0.3) is 0 Å². The van der Waals surface area contributed by atoms with Gasteiger partial charge in [-0.05, 0) is 28.0 Å². The van der Waals surface area contributed by atoms with Crippen LogP contribution in [-0.2, 0) is 13.1 Å². The molecule has 0 saturated heterocycles. The fourth-order valence-electron chi connectivity index (χ4n) is 1.90. The van der Waals surface area contributed by atoms with Gasteiger partial charge in [-0.1, -0.05) is 30.3 Å². The van der Waals surface area contributed by atoms with Gasteiger partial charge in [-0.3, -0.25) is 0 Å². The van der Waals surface area contributed by atoms with Crippen LogP contribution < -0.4 is 5.32 Å².